The van der Waals surface area contributed by atoms with Gasteiger partial charge in [0.25, 0.3) is 0 Å². The number of hydrogen-bond acceptors (Lipinski definition) is 2. The zero-order chi connectivity index (χ0) is 13.9. The van der Waals surface area contributed by atoms with Crippen molar-refractivity contribution in [2.24, 2.45) is 5.92 Å². The van der Waals surface area contributed by atoms with Crippen LogP contribution in [0.1, 0.15) is 44.6 Å². The van der Waals surface area contributed by atoms with E-state index < -0.39 is 0 Å². The van der Waals surface area contributed by atoms with E-state index in [1.165, 1.54) is 24.8 Å². The van der Waals surface area contributed by atoms with Gasteiger partial charge in [-0.2, -0.15) is 0 Å². The average Bonchev–Trinajstić information content (AvgIpc) is 2.47. The third kappa shape index (κ3) is 6.22. The number of benzene rings is 1. The van der Waals surface area contributed by atoms with Crippen LogP contribution in [-0.4, -0.2) is 26.8 Å². The monoisotopic (exact) mass is 263 g/mol. The Bertz CT molecular complexity index is 308. The van der Waals surface area contributed by atoms with Crippen molar-refractivity contribution < 1.29 is 4.74 Å². The summed E-state index contributed by atoms with van der Waals surface area (Å²) in [6.07, 6.45) is 3.83. The Labute approximate surface area is 118 Å². The summed E-state index contributed by atoms with van der Waals surface area (Å²) in [7, 11) is 1.75. The van der Waals surface area contributed by atoms with E-state index in [2.05, 4.69) is 49.5 Å². The lowest BCUT2D eigenvalue weighted by molar-refractivity contribution is 0.198. The summed E-state index contributed by atoms with van der Waals surface area (Å²) in [5.41, 5.74) is 1.46. The van der Waals surface area contributed by atoms with Crippen LogP contribution in [-0.2, 0) is 4.74 Å². The molecule has 0 aromatic heterocycles. The quantitative estimate of drug-likeness (QED) is 0.648. The fourth-order valence-corrected chi connectivity index (χ4v) is 2.54. The van der Waals surface area contributed by atoms with Crippen molar-refractivity contribution in [3.05, 3.63) is 35.9 Å². The number of ether oxygens (including phenoxy) is 1. The predicted molar refractivity (Wildman–Crippen MR) is 82.6 cm³/mol. The highest BCUT2D eigenvalue weighted by atomic mass is 16.5. The molecule has 1 aromatic carbocycles. The lowest BCUT2D eigenvalue weighted by Crippen LogP contribution is -2.26. The van der Waals surface area contributed by atoms with Crippen LogP contribution in [0.4, 0.5) is 0 Å². The van der Waals surface area contributed by atoms with Gasteiger partial charge in [-0.25, -0.2) is 0 Å². The number of nitrogens with one attached hydrogen (secondary N) is 1. The van der Waals surface area contributed by atoms with E-state index in [-0.39, 0.29) is 0 Å². The molecule has 0 aliphatic rings. The molecule has 1 rings (SSSR count). The van der Waals surface area contributed by atoms with Crippen molar-refractivity contribution in [2.45, 2.75) is 39.0 Å². The number of hydrogen-bond donors (Lipinski definition) is 1. The maximum atomic E-state index is 5.09. The molecule has 0 fully saturated rings. The number of rotatable bonds is 10. The van der Waals surface area contributed by atoms with Crippen molar-refractivity contribution in [2.75, 3.05) is 26.8 Å². The second-order valence-corrected chi connectivity index (χ2v) is 5.22. The van der Waals surface area contributed by atoms with Crippen molar-refractivity contribution >= 4 is 0 Å². The molecule has 0 heterocycles. The highest BCUT2D eigenvalue weighted by Gasteiger charge is 2.15. The maximum Gasteiger partial charge on any atom is 0.0587 e. The highest BCUT2D eigenvalue weighted by Crippen LogP contribution is 2.26. The molecule has 0 aliphatic heterocycles. The molecular weight excluding hydrogens is 234 g/mol. The first-order valence-corrected chi connectivity index (χ1v) is 7.56. The lowest BCUT2D eigenvalue weighted by Gasteiger charge is -2.23. The summed E-state index contributed by atoms with van der Waals surface area (Å²) in [6, 6.07) is 10.9. The Morgan fingerprint density at radius 2 is 1.79 bits per heavy atom. The third-order valence-electron chi connectivity index (χ3n) is 3.92. The first-order chi connectivity index (χ1) is 9.31. The lowest BCUT2D eigenvalue weighted by atomic mass is 9.86. The van der Waals surface area contributed by atoms with Crippen molar-refractivity contribution in [3.8, 4) is 0 Å². The zero-order valence-corrected chi connectivity index (χ0v) is 12.7. The molecule has 1 atom stereocenters. The fourth-order valence-electron chi connectivity index (χ4n) is 2.54. The first-order valence-electron chi connectivity index (χ1n) is 7.56. The summed E-state index contributed by atoms with van der Waals surface area (Å²) < 4.78 is 5.09. The minimum atomic E-state index is 0.614. The van der Waals surface area contributed by atoms with Crippen LogP contribution in [0.2, 0.25) is 0 Å². The molecule has 0 saturated heterocycles. The van der Waals surface area contributed by atoms with Gasteiger partial charge in [-0.3, -0.25) is 0 Å². The molecule has 108 valence electrons. The molecule has 0 aliphatic carbocycles. The largest absolute Gasteiger partial charge is 0.383 e. The van der Waals surface area contributed by atoms with Gasteiger partial charge in [-0.1, -0.05) is 57.0 Å². The maximum absolute atomic E-state index is 5.09. The Morgan fingerprint density at radius 3 is 2.37 bits per heavy atom. The van der Waals surface area contributed by atoms with Crippen LogP contribution in [0.3, 0.4) is 0 Å². The van der Waals surface area contributed by atoms with Crippen LogP contribution in [0.5, 0.6) is 0 Å². The minimum absolute atomic E-state index is 0.614. The average molecular weight is 263 g/mol. The van der Waals surface area contributed by atoms with E-state index in [1.54, 1.807) is 7.11 Å². The summed E-state index contributed by atoms with van der Waals surface area (Å²) >= 11 is 0. The van der Waals surface area contributed by atoms with E-state index in [0.29, 0.717) is 5.92 Å². The molecule has 0 amide bonds. The predicted octanol–water partition coefficient (Wildman–Crippen LogP) is 3.83. The van der Waals surface area contributed by atoms with Crippen LogP contribution >= 0.6 is 0 Å². The van der Waals surface area contributed by atoms with Crippen LogP contribution in [0.25, 0.3) is 0 Å². The molecule has 0 saturated carbocycles. The van der Waals surface area contributed by atoms with Gasteiger partial charge in [0, 0.05) is 20.2 Å². The molecule has 1 aromatic rings. The second-order valence-electron chi connectivity index (χ2n) is 5.22. The molecular formula is C17H29NO. The SMILES string of the molecule is CCC(CC)CC(CNCCOC)c1ccccc1. The fraction of sp³-hybridized carbons (Fsp3) is 0.647. The van der Waals surface area contributed by atoms with Gasteiger partial charge in [0.2, 0.25) is 0 Å². The zero-order valence-electron chi connectivity index (χ0n) is 12.7. The second kappa shape index (κ2) is 9.99. The third-order valence-corrected chi connectivity index (χ3v) is 3.92. The van der Waals surface area contributed by atoms with Gasteiger partial charge >= 0.3 is 0 Å². The van der Waals surface area contributed by atoms with E-state index in [1.807, 2.05) is 0 Å². The topological polar surface area (TPSA) is 21.3 Å². The van der Waals surface area contributed by atoms with Crippen LogP contribution in [0, 0.1) is 5.92 Å². The summed E-state index contributed by atoms with van der Waals surface area (Å²) in [4.78, 5) is 0. The molecule has 0 radical (unpaired) electrons. The summed E-state index contributed by atoms with van der Waals surface area (Å²) in [5, 5.41) is 3.51. The Hall–Kier alpha value is -0.860. The molecule has 1 N–H and O–H groups in total. The van der Waals surface area contributed by atoms with Gasteiger partial charge in [-0.05, 0) is 23.8 Å². The van der Waals surface area contributed by atoms with E-state index in [4.69, 9.17) is 4.74 Å². The smallest absolute Gasteiger partial charge is 0.0587 e. The number of methoxy groups -OCH3 is 1. The normalized spacial score (nSPS) is 12.8. The Morgan fingerprint density at radius 1 is 1.11 bits per heavy atom. The Balaban J connectivity index is 2.57. The molecule has 2 nitrogen and oxygen atoms in total. The van der Waals surface area contributed by atoms with Crippen molar-refractivity contribution in [1.29, 1.82) is 0 Å². The van der Waals surface area contributed by atoms with Gasteiger partial charge < -0.3 is 10.1 Å². The molecule has 1 unspecified atom stereocenters. The molecule has 0 spiro atoms. The van der Waals surface area contributed by atoms with Crippen LogP contribution in [0.15, 0.2) is 30.3 Å². The first kappa shape index (κ1) is 16.2. The standard InChI is InChI=1S/C17H29NO/c1-4-15(5-2)13-17(14-18-11-12-19-3)16-9-7-6-8-10-16/h6-10,15,17-18H,4-5,11-14H2,1-3H3. The van der Waals surface area contributed by atoms with Gasteiger partial charge in [0.05, 0.1) is 6.61 Å². The van der Waals surface area contributed by atoms with E-state index in [9.17, 15) is 0 Å². The van der Waals surface area contributed by atoms with Gasteiger partial charge in [-0.15, -0.1) is 0 Å². The Kier molecular flexibility index (Phi) is 8.52. The van der Waals surface area contributed by atoms with Crippen molar-refractivity contribution in [1.82, 2.24) is 5.32 Å². The summed E-state index contributed by atoms with van der Waals surface area (Å²) in [5.74, 6) is 1.44. The molecule has 2 heteroatoms. The van der Waals surface area contributed by atoms with Crippen LogP contribution < -0.4 is 5.32 Å². The van der Waals surface area contributed by atoms with E-state index in [0.717, 1.165) is 25.6 Å². The molecule has 0 bridgehead atoms. The van der Waals surface area contributed by atoms with E-state index >= 15 is 0 Å². The van der Waals surface area contributed by atoms with Gasteiger partial charge in [0.1, 0.15) is 0 Å². The molecule has 19 heavy (non-hydrogen) atoms. The minimum Gasteiger partial charge on any atom is -0.383 e. The summed E-state index contributed by atoms with van der Waals surface area (Å²) in [6.45, 7) is 7.36. The van der Waals surface area contributed by atoms with Gasteiger partial charge in [0.15, 0.2) is 0 Å². The highest BCUT2D eigenvalue weighted by molar-refractivity contribution is 5.20. The van der Waals surface area contributed by atoms with Crippen molar-refractivity contribution in [3.63, 3.8) is 0 Å².